The Bertz CT molecular complexity index is 628. The topological polar surface area (TPSA) is 59.2 Å². The molecule has 0 radical (unpaired) electrons. The summed E-state index contributed by atoms with van der Waals surface area (Å²) in [6, 6.07) is 7.10. The Balaban J connectivity index is 2.70. The molecule has 0 fully saturated rings. The summed E-state index contributed by atoms with van der Waals surface area (Å²) in [5.74, 6) is -0.493. The largest absolute Gasteiger partial charge is 0.461 e. The van der Waals surface area contributed by atoms with Gasteiger partial charge in [-0.15, -0.1) is 0 Å². The molecule has 1 aromatic heterocycles. The fourth-order valence-electron chi connectivity index (χ4n) is 1.74. The Morgan fingerprint density at radius 3 is 2.76 bits per heavy atom. The van der Waals surface area contributed by atoms with Crippen LogP contribution in [0.3, 0.4) is 0 Å². The Morgan fingerprint density at radius 1 is 1.35 bits per heavy atom. The maximum absolute atomic E-state index is 12.0. The Kier molecular flexibility index (Phi) is 2.95. The van der Waals surface area contributed by atoms with Crippen molar-refractivity contribution in [3.8, 4) is 0 Å². The van der Waals surface area contributed by atoms with Gasteiger partial charge in [0, 0.05) is 16.5 Å². The molecule has 0 aliphatic carbocycles. The number of fused-ring (bicyclic) bond motifs is 1. The lowest BCUT2D eigenvalue weighted by molar-refractivity contribution is 0.0519. The fourth-order valence-corrected chi connectivity index (χ4v) is 1.74. The molecule has 17 heavy (non-hydrogen) atoms. The number of carbonyl (C=O) groups is 1. The zero-order valence-electron chi connectivity index (χ0n) is 9.74. The molecule has 0 saturated carbocycles. The molecule has 4 heteroatoms. The minimum Gasteiger partial charge on any atom is -0.461 e. The van der Waals surface area contributed by atoms with Gasteiger partial charge in [0.1, 0.15) is 5.69 Å². The van der Waals surface area contributed by atoms with E-state index in [0.29, 0.717) is 16.5 Å². The summed E-state index contributed by atoms with van der Waals surface area (Å²) in [4.78, 5) is 26.6. The van der Waals surface area contributed by atoms with Gasteiger partial charge >= 0.3 is 5.97 Å². The Labute approximate surface area is 98.2 Å². The summed E-state index contributed by atoms with van der Waals surface area (Å²) in [7, 11) is 0. The van der Waals surface area contributed by atoms with E-state index < -0.39 is 5.97 Å². The standard InChI is InChI=1S/C13H13NO3/c1-3-17-13(16)11-8(2)12(15)9-6-4-5-7-10(9)14-11/h4-7H,3H2,1-2H3,(H,14,15). The molecule has 2 rings (SSSR count). The lowest BCUT2D eigenvalue weighted by Gasteiger charge is -2.07. The summed E-state index contributed by atoms with van der Waals surface area (Å²) >= 11 is 0. The van der Waals surface area contributed by atoms with Crippen molar-refractivity contribution in [3.63, 3.8) is 0 Å². The number of esters is 1. The highest BCUT2D eigenvalue weighted by Crippen LogP contribution is 2.11. The number of hydrogen-bond acceptors (Lipinski definition) is 3. The number of ether oxygens (including phenoxy) is 1. The molecule has 1 heterocycles. The first-order valence-corrected chi connectivity index (χ1v) is 5.44. The van der Waals surface area contributed by atoms with Crippen LogP contribution in [0.4, 0.5) is 0 Å². The van der Waals surface area contributed by atoms with Crippen LogP contribution in [0, 0.1) is 6.92 Å². The van der Waals surface area contributed by atoms with Gasteiger partial charge in [-0.2, -0.15) is 0 Å². The number of aromatic amines is 1. The van der Waals surface area contributed by atoms with Crippen molar-refractivity contribution in [1.29, 1.82) is 0 Å². The predicted octanol–water partition coefficient (Wildman–Crippen LogP) is 2.01. The van der Waals surface area contributed by atoms with Gasteiger partial charge in [0.25, 0.3) is 0 Å². The van der Waals surface area contributed by atoms with Gasteiger partial charge in [-0.3, -0.25) is 4.79 Å². The number of para-hydroxylation sites is 1. The first kappa shape index (κ1) is 11.4. The van der Waals surface area contributed by atoms with E-state index in [2.05, 4.69) is 4.98 Å². The van der Waals surface area contributed by atoms with Crippen LogP contribution in [0.5, 0.6) is 0 Å². The normalized spacial score (nSPS) is 10.5. The minimum atomic E-state index is -0.493. The molecule has 4 nitrogen and oxygen atoms in total. The molecule has 0 aliphatic rings. The number of hydrogen-bond donors (Lipinski definition) is 1. The number of rotatable bonds is 2. The van der Waals surface area contributed by atoms with Crippen LogP contribution < -0.4 is 5.43 Å². The molecule has 0 unspecified atom stereocenters. The predicted molar refractivity (Wildman–Crippen MR) is 65.3 cm³/mol. The summed E-state index contributed by atoms with van der Waals surface area (Å²) in [6.45, 7) is 3.64. The van der Waals surface area contributed by atoms with Crippen molar-refractivity contribution in [2.24, 2.45) is 0 Å². The average molecular weight is 231 g/mol. The molecule has 0 spiro atoms. The van der Waals surface area contributed by atoms with Crippen LogP contribution in [0.1, 0.15) is 23.0 Å². The fraction of sp³-hybridized carbons (Fsp3) is 0.231. The van der Waals surface area contributed by atoms with Gasteiger partial charge in [0.2, 0.25) is 0 Å². The van der Waals surface area contributed by atoms with E-state index in [9.17, 15) is 9.59 Å². The van der Waals surface area contributed by atoms with Gasteiger partial charge in [-0.25, -0.2) is 4.79 Å². The van der Waals surface area contributed by atoms with E-state index in [1.54, 1.807) is 32.0 Å². The molecule has 1 aromatic carbocycles. The number of aromatic nitrogens is 1. The van der Waals surface area contributed by atoms with E-state index in [1.165, 1.54) is 0 Å². The lowest BCUT2D eigenvalue weighted by atomic mass is 10.1. The van der Waals surface area contributed by atoms with Crippen LogP contribution in [0.2, 0.25) is 0 Å². The molecule has 0 saturated heterocycles. The van der Waals surface area contributed by atoms with Crippen molar-refractivity contribution in [3.05, 3.63) is 45.7 Å². The second kappa shape index (κ2) is 4.41. The molecular formula is C13H13NO3. The van der Waals surface area contributed by atoms with Gasteiger partial charge < -0.3 is 9.72 Å². The second-order valence-electron chi connectivity index (χ2n) is 3.72. The van der Waals surface area contributed by atoms with Crippen molar-refractivity contribution < 1.29 is 9.53 Å². The van der Waals surface area contributed by atoms with Crippen molar-refractivity contribution in [2.45, 2.75) is 13.8 Å². The zero-order chi connectivity index (χ0) is 12.4. The third-order valence-electron chi connectivity index (χ3n) is 2.63. The SMILES string of the molecule is CCOC(=O)c1[nH]c2ccccc2c(=O)c1C. The van der Waals surface area contributed by atoms with Gasteiger partial charge in [-0.1, -0.05) is 12.1 Å². The van der Waals surface area contributed by atoms with E-state index >= 15 is 0 Å². The van der Waals surface area contributed by atoms with Gasteiger partial charge in [-0.05, 0) is 26.0 Å². The highest BCUT2D eigenvalue weighted by molar-refractivity contribution is 5.92. The highest BCUT2D eigenvalue weighted by Gasteiger charge is 2.15. The molecular weight excluding hydrogens is 218 g/mol. The summed E-state index contributed by atoms with van der Waals surface area (Å²) in [6.07, 6.45) is 0. The number of nitrogens with one attached hydrogen (secondary N) is 1. The van der Waals surface area contributed by atoms with Crippen LogP contribution >= 0.6 is 0 Å². The van der Waals surface area contributed by atoms with Crippen molar-refractivity contribution in [2.75, 3.05) is 6.61 Å². The number of carbonyl (C=O) groups excluding carboxylic acids is 1. The monoisotopic (exact) mass is 231 g/mol. The smallest absolute Gasteiger partial charge is 0.355 e. The molecule has 0 aliphatic heterocycles. The van der Waals surface area contributed by atoms with Crippen molar-refractivity contribution in [1.82, 2.24) is 4.98 Å². The Morgan fingerprint density at radius 2 is 2.06 bits per heavy atom. The highest BCUT2D eigenvalue weighted by atomic mass is 16.5. The average Bonchev–Trinajstić information content (AvgIpc) is 2.34. The van der Waals surface area contributed by atoms with Gasteiger partial charge in [0.05, 0.1) is 6.61 Å². The summed E-state index contributed by atoms with van der Waals surface area (Å²) in [5, 5.41) is 0.582. The Hall–Kier alpha value is -2.10. The number of pyridine rings is 1. The molecule has 1 N–H and O–H groups in total. The minimum absolute atomic E-state index is 0.137. The van der Waals surface area contributed by atoms with Crippen molar-refractivity contribution >= 4 is 16.9 Å². The zero-order valence-corrected chi connectivity index (χ0v) is 9.74. The van der Waals surface area contributed by atoms with E-state index in [4.69, 9.17) is 4.74 Å². The first-order valence-electron chi connectivity index (χ1n) is 5.44. The van der Waals surface area contributed by atoms with E-state index in [1.807, 2.05) is 6.07 Å². The third kappa shape index (κ3) is 1.93. The van der Waals surface area contributed by atoms with Crippen LogP contribution in [0.25, 0.3) is 10.9 Å². The number of H-pyrrole nitrogens is 1. The van der Waals surface area contributed by atoms with E-state index in [0.717, 1.165) is 0 Å². The summed E-state index contributed by atoms with van der Waals surface area (Å²) in [5.41, 5.74) is 1.13. The molecule has 0 atom stereocenters. The number of benzene rings is 1. The third-order valence-corrected chi connectivity index (χ3v) is 2.63. The quantitative estimate of drug-likeness (QED) is 0.804. The maximum atomic E-state index is 12.0. The van der Waals surface area contributed by atoms with Crippen LogP contribution in [-0.2, 0) is 4.74 Å². The molecule has 0 bridgehead atoms. The van der Waals surface area contributed by atoms with Crippen LogP contribution in [0.15, 0.2) is 29.1 Å². The molecule has 0 amide bonds. The first-order chi connectivity index (χ1) is 8.15. The van der Waals surface area contributed by atoms with Crippen LogP contribution in [-0.4, -0.2) is 17.6 Å². The second-order valence-corrected chi connectivity index (χ2v) is 3.72. The summed E-state index contributed by atoms with van der Waals surface area (Å²) < 4.78 is 4.90. The lowest BCUT2D eigenvalue weighted by Crippen LogP contribution is -2.17. The molecule has 88 valence electrons. The molecule has 2 aromatic rings. The maximum Gasteiger partial charge on any atom is 0.355 e. The van der Waals surface area contributed by atoms with E-state index in [-0.39, 0.29) is 17.7 Å². The van der Waals surface area contributed by atoms with Gasteiger partial charge in [0.15, 0.2) is 5.43 Å².